The molecule has 0 radical (unpaired) electrons. The van der Waals surface area contributed by atoms with Crippen molar-refractivity contribution in [2.75, 3.05) is 27.4 Å². The van der Waals surface area contributed by atoms with Crippen molar-refractivity contribution in [3.05, 3.63) is 76.5 Å². The number of carbonyl (C=O) groups is 1. The van der Waals surface area contributed by atoms with Gasteiger partial charge in [-0.05, 0) is 91.8 Å². The van der Waals surface area contributed by atoms with Crippen LogP contribution < -0.4 is 33.8 Å². The van der Waals surface area contributed by atoms with Gasteiger partial charge in [0.15, 0.2) is 27.8 Å². The molecule has 212 valence electrons. The van der Waals surface area contributed by atoms with E-state index < -0.39 is 12.0 Å². The zero-order chi connectivity index (χ0) is 29.0. The molecule has 1 atom stereocenters. The smallest absolute Gasteiger partial charge is 0.337 e. The lowest BCUT2D eigenvalue weighted by Crippen LogP contribution is -2.39. The molecule has 0 saturated carbocycles. The number of hydrogen-bond acceptors (Lipinski definition) is 9. The Balaban J connectivity index is 1.88. The van der Waals surface area contributed by atoms with Crippen molar-refractivity contribution in [1.82, 2.24) is 4.57 Å². The fourth-order valence-electron chi connectivity index (χ4n) is 4.31. The summed E-state index contributed by atoms with van der Waals surface area (Å²) in [7, 11) is 2.88. The number of benzene rings is 2. The molecule has 40 heavy (non-hydrogen) atoms. The standard InChI is InChI=1S/C29H31IN2O7S/c1-7-37-21-10-9-18(14-22(21)38-8-2)25-19(28(34)36-6)15-31-29-32(25)27(33)24(40-29)13-17-11-20(30)26(39-16(3)4)23(12-17)35-5/h9-16,25H,7-8H2,1-6H3/b24-13+/t25-/m0/s1. The minimum absolute atomic E-state index is 0.0215. The van der Waals surface area contributed by atoms with Crippen LogP contribution in [0.15, 0.2) is 51.9 Å². The third-order valence-electron chi connectivity index (χ3n) is 5.91. The Morgan fingerprint density at radius 3 is 2.48 bits per heavy atom. The van der Waals surface area contributed by atoms with Gasteiger partial charge >= 0.3 is 5.97 Å². The highest BCUT2D eigenvalue weighted by molar-refractivity contribution is 14.1. The van der Waals surface area contributed by atoms with Crippen LogP contribution in [0.5, 0.6) is 23.0 Å². The molecule has 0 aliphatic carbocycles. The fraction of sp³-hybridized carbons (Fsp3) is 0.345. The van der Waals surface area contributed by atoms with Gasteiger partial charge in [-0.25, -0.2) is 9.79 Å². The third-order valence-corrected chi connectivity index (χ3v) is 7.71. The lowest BCUT2D eigenvalue weighted by atomic mass is 9.97. The molecule has 1 aliphatic rings. The number of rotatable bonds is 10. The molecule has 1 aromatic heterocycles. The van der Waals surface area contributed by atoms with Gasteiger partial charge in [0.25, 0.3) is 5.56 Å². The zero-order valence-electron chi connectivity index (χ0n) is 23.1. The molecule has 0 amide bonds. The molecule has 3 aromatic rings. The van der Waals surface area contributed by atoms with E-state index >= 15 is 0 Å². The molecule has 0 spiro atoms. The van der Waals surface area contributed by atoms with Crippen molar-refractivity contribution in [2.24, 2.45) is 4.99 Å². The van der Waals surface area contributed by atoms with Crippen LogP contribution in [0.25, 0.3) is 6.08 Å². The molecule has 0 saturated heterocycles. The quantitative estimate of drug-likeness (QED) is 0.234. The molecule has 11 heteroatoms. The van der Waals surface area contributed by atoms with Gasteiger partial charge in [0.2, 0.25) is 0 Å². The number of ether oxygens (including phenoxy) is 5. The van der Waals surface area contributed by atoms with Crippen LogP contribution >= 0.6 is 33.9 Å². The average Bonchev–Trinajstić information content (AvgIpc) is 3.24. The highest BCUT2D eigenvalue weighted by Crippen LogP contribution is 2.36. The molecule has 1 aliphatic heterocycles. The topological polar surface area (TPSA) is 97.6 Å². The Kier molecular flexibility index (Phi) is 9.56. The molecular formula is C29H31IN2O7S. The molecule has 2 heterocycles. The Labute approximate surface area is 249 Å². The zero-order valence-corrected chi connectivity index (χ0v) is 26.1. The molecule has 4 rings (SSSR count). The van der Waals surface area contributed by atoms with E-state index in [0.717, 1.165) is 9.13 Å². The maximum atomic E-state index is 13.9. The Morgan fingerprint density at radius 1 is 1.10 bits per heavy atom. The SMILES string of the molecule is CCOc1ccc([C@H]2C(C(=O)OC)=CN=c3s/c(=C/c4cc(I)c(OC(C)C)c(OC)c4)c(=O)n32)cc1OCC. The molecule has 2 aromatic carbocycles. The highest BCUT2D eigenvalue weighted by atomic mass is 127. The van der Waals surface area contributed by atoms with Crippen LogP contribution in [0.2, 0.25) is 0 Å². The second-order valence-corrected chi connectivity index (χ2v) is 11.1. The monoisotopic (exact) mass is 678 g/mol. The summed E-state index contributed by atoms with van der Waals surface area (Å²) in [5.41, 5.74) is 1.38. The minimum atomic E-state index is -0.766. The Bertz CT molecular complexity index is 1620. The number of aromatic nitrogens is 1. The van der Waals surface area contributed by atoms with Crippen molar-refractivity contribution in [3.8, 4) is 23.0 Å². The van der Waals surface area contributed by atoms with Crippen molar-refractivity contribution in [1.29, 1.82) is 0 Å². The average molecular weight is 679 g/mol. The summed E-state index contributed by atoms with van der Waals surface area (Å²) in [5, 5.41) is 0. The van der Waals surface area contributed by atoms with Crippen molar-refractivity contribution >= 4 is 46.0 Å². The number of halogens is 1. The third kappa shape index (κ3) is 6.04. The maximum Gasteiger partial charge on any atom is 0.337 e. The normalized spacial score (nSPS) is 14.8. The van der Waals surface area contributed by atoms with Crippen molar-refractivity contribution < 1.29 is 28.5 Å². The summed E-state index contributed by atoms with van der Waals surface area (Å²) >= 11 is 3.43. The van der Waals surface area contributed by atoms with Gasteiger partial charge in [-0.15, -0.1) is 0 Å². The molecule has 0 fully saturated rings. The van der Waals surface area contributed by atoms with E-state index in [1.165, 1.54) is 29.2 Å². The number of carbonyl (C=O) groups excluding carboxylic acids is 1. The summed E-state index contributed by atoms with van der Waals surface area (Å²) in [6.45, 7) is 8.56. The van der Waals surface area contributed by atoms with E-state index in [1.54, 1.807) is 25.3 Å². The number of fused-ring (bicyclic) bond motifs is 1. The molecule has 0 N–H and O–H groups in total. The second-order valence-electron chi connectivity index (χ2n) is 8.95. The van der Waals surface area contributed by atoms with E-state index in [0.29, 0.717) is 51.1 Å². The number of esters is 1. The first kappa shape index (κ1) is 29.7. The summed E-state index contributed by atoms with van der Waals surface area (Å²) in [4.78, 5) is 31.6. The van der Waals surface area contributed by atoms with E-state index in [-0.39, 0.29) is 17.2 Å². The van der Waals surface area contributed by atoms with E-state index in [4.69, 9.17) is 23.7 Å². The van der Waals surface area contributed by atoms with E-state index in [1.807, 2.05) is 45.9 Å². The lowest BCUT2D eigenvalue weighted by molar-refractivity contribution is -0.136. The van der Waals surface area contributed by atoms with Crippen molar-refractivity contribution in [3.63, 3.8) is 0 Å². The first-order chi connectivity index (χ1) is 19.2. The first-order valence-corrected chi connectivity index (χ1v) is 14.6. The molecule has 0 bridgehead atoms. The Hall–Kier alpha value is -3.32. The van der Waals surface area contributed by atoms with E-state index in [9.17, 15) is 9.59 Å². The number of hydrogen-bond donors (Lipinski definition) is 0. The summed E-state index contributed by atoms with van der Waals surface area (Å²) in [5.74, 6) is 1.76. The van der Waals surface area contributed by atoms with Crippen LogP contribution in [0.1, 0.15) is 44.9 Å². The van der Waals surface area contributed by atoms with Gasteiger partial charge < -0.3 is 23.7 Å². The van der Waals surface area contributed by atoms with Crippen LogP contribution in [-0.2, 0) is 9.53 Å². The van der Waals surface area contributed by atoms with Crippen molar-refractivity contribution in [2.45, 2.75) is 39.8 Å². The fourth-order valence-corrected chi connectivity index (χ4v) is 6.03. The van der Waals surface area contributed by atoms with Gasteiger partial charge in [-0.3, -0.25) is 9.36 Å². The van der Waals surface area contributed by atoms with Crippen LogP contribution in [0.4, 0.5) is 0 Å². The highest BCUT2D eigenvalue weighted by Gasteiger charge is 2.31. The predicted molar refractivity (Wildman–Crippen MR) is 161 cm³/mol. The number of nitrogens with zero attached hydrogens (tertiary/aromatic N) is 2. The summed E-state index contributed by atoms with van der Waals surface area (Å²) < 4.78 is 30.9. The van der Waals surface area contributed by atoms with Gasteiger partial charge in [-0.2, -0.15) is 0 Å². The summed E-state index contributed by atoms with van der Waals surface area (Å²) in [6, 6.07) is 8.38. The largest absolute Gasteiger partial charge is 0.493 e. The summed E-state index contributed by atoms with van der Waals surface area (Å²) in [6.07, 6.45) is 3.23. The first-order valence-electron chi connectivity index (χ1n) is 12.7. The van der Waals surface area contributed by atoms with Gasteiger partial charge in [0.1, 0.15) is 0 Å². The predicted octanol–water partition coefficient (Wildman–Crippen LogP) is 4.22. The van der Waals surface area contributed by atoms with Crippen LogP contribution in [-0.4, -0.2) is 44.1 Å². The van der Waals surface area contributed by atoms with Gasteiger partial charge in [-0.1, -0.05) is 17.4 Å². The van der Waals surface area contributed by atoms with Crippen LogP contribution in [0, 0.1) is 3.57 Å². The minimum Gasteiger partial charge on any atom is -0.493 e. The number of methoxy groups -OCH3 is 2. The second kappa shape index (κ2) is 12.9. The van der Waals surface area contributed by atoms with Crippen LogP contribution in [0.3, 0.4) is 0 Å². The number of thiazole rings is 1. The molecule has 0 unspecified atom stereocenters. The molecular weight excluding hydrogens is 647 g/mol. The maximum absolute atomic E-state index is 13.9. The Morgan fingerprint density at radius 2 is 1.82 bits per heavy atom. The molecule has 9 nitrogen and oxygen atoms in total. The lowest BCUT2D eigenvalue weighted by Gasteiger charge is -2.23. The van der Waals surface area contributed by atoms with E-state index in [2.05, 4.69) is 27.6 Å². The van der Waals surface area contributed by atoms with Gasteiger partial charge in [0, 0.05) is 6.20 Å². The van der Waals surface area contributed by atoms with Gasteiger partial charge in [0.05, 0.1) is 53.3 Å².